The second kappa shape index (κ2) is 9.72. The summed E-state index contributed by atoms with van der Waals surface area (Å²) in [7, 11) is -6.98. The van der Waals surface area contributed by atoms with E-state index in [9.17, 15) is 16.8 Å². The van der Waals surface area contributed by atoms with E-state index in [1.54, 1.807) is 29.6 Å². The quantitative estimate of drug-likeness (QED) is 0.301. The number of anilines is 2. The fourth-order valence-corrected chi connectivity index (χ4v) is 6.74. The molecule has 0 aliphatic rings. The standard InChI is InChI=1S/C21H19N3O6S4/c1-30-17-4-2-5-18(12-17)33(25,26)24(21-22-19(14-32-21)20-6-3-11-31-20)13-15-7-9-16(10-8-15)23-34(27,28)29/h2-12,14,23H,13H2,1H3,(H,27,28,29). The van der Waals surface area contributed by atoms with Crippen molar-refractivity contribution in [2.45, 2.75) is 11.4 Å². The highest BCUT2D eigenvalue weighted by molar-refractivity contribution is 7.93. The lowest BCUT2D eigenvalue weighted by Crippen LogP contribution is -2.30. The van der Waals surface area contributed by atoms with Crippen molar-refractivity contribution in [3.8, 4) is 16.3 Å². The van der Waals surface area contributed by atoms with E-state index in [-0.39, 0.29) is 22.3 Å². The average Bonchev–Trinajstić information content (AvgIpc) is 3.49. The molecule has 0 radical (unpaired) electrons. The van der Waals surface area contributed by atoms with Crippen LogP contribution >= 0.6 is 22.7 Å². The summed E-state index contributed by atoms with van der Waals surface area (Å²) >= 11 is 2.71. The van der Waals surface area contributed by atoms with Crippen molar-refractivity contribution in [3.63, 3.8) is 0 Å². The molecule has 4 aromatic rings. The van der Waals surface area contributed by atoms with Crippen molar-refractivity contribution in [2.75, 3.05) is 16.1 Å². The van der Waals surface area contributed by atoms with Crippen LogP contribution in [0.2, 0.25) is 0 Å². The van der Waals surface area contributed by atoms with Gasteiger partial charge in [-0.05, 0) is 41.3 Å². The minimum Gasteiger partial charge on any atom is -0.497 e. The molecule has 0 fully saturated rings. The van der Waals surface area contributed by atoms with Gasteiger partial charge >= 0.3 is 10.3 Å². The number of benzene rings is 2. The van der Waals surface area contributed by atoms with Gasteiger partial charge in [-0.2, -0.15) is 8.42 Å². The summed E-state index contributed by atoms with van der Waals surface area (Å²) in [5.41, 5.74) is 1.40. The number of sulfonamides is 1. The van der Waals surface area contributed by atoms with Gasteiger partial charge in [0.25, 0.3) is 10.0 Å². The fourth-order valence-electron chi connectivity index (χ4n) is 3.05. The number of methoxy groups -OCH3 is 1. The van der Waals surface area contributed by atoms with E-state index in [4.69, 9.17) is 9.29 Å². The Morgan fingerprint density at radius 2 is 1.79 bits per heavy atom. The van der Waals surface area contributed by atoms with Gasteiger partial charge in [0, 0.05) is 11.4 Å². The van der Waals surface area contributed by atoms with E-state index in [1.807, 2.05) is 22.2 Å². The van der Waals surface area contributed by atoms with Crippen LogP contribution in [0, 0.1) is 0 Å². The number of hydrogen-bond acceptors (Lipinski definition) is 8. The number of aromatic nitrogens is 1. The molecule has 0 aliphatic carbocycles. The summed E-state index contributed by atoms with van der Waals surface area (Å²) in [6.07, 6.45) is 0. The molecule has 0 unspecified atom stereocenters. The van der Waals surface area contributed by atoms with Crippen LogP contribution < -0.4 is 13.8 Å². The number of thiazole rings is 1. The number of ether oxygens (including phenoxy) is 1. The normalized spacial score (nSPS) is 11.8. The molecule has 2 heterocycles. The summed E-state index contributed by atoms with van der Waals surface area (Å²) < 4.78 is 66.7. The number of nitrogens with one attached hydrogen (secondary N) is 1. The lowest BCUT2D eigenvalue weighted by molar-refractivity contribution is 0.413. The molecule has 2 aromatic carbocycles. The molecule has 4 rings (SSSR count). The second-order valence-electron chi connectivity index (χ2n) is 6.96. The van der Waals surface area contributed by atoms with Gasteiger partial charge in [0.05, 0.1) is 34.8 Å². The maximum Gasteiger partial charge on any atom is 0.357 e. The zero-order valence-electron chi connectivity index (χ0n) is 17.7. The number of nitrogens with zero attached hydrogens (tertiary/aromatic N) is 2. The molecule has 34 heavy (non-hydrogen) atoms. The highest BCUT2D eigenvalue weighted by atomic mass is 32.2. The molecule has 2 aromatic heterocycles. The zero-order valence-corrected chi connectivity index (χ0v) is 20.9. The first-order valence-electron chi connectivity index (χ1n) is 9.66. The molecule has 0 bridgehead atoms. The van der Waals surface area contributed by atoms with Gasteiger partial charge in [-0.15, -0.1) is 22.7 Å². The Labute approximate surface area is 205 Å². The number of rotatable bonds is 9. The minimum atomic E-state index is -4.42. The number of thiophene rings is 1. The minimum absolute atomic E-state index is 0.0457. The van der Waals surface area contributed by atoms with Crippen molar-refractivity contribution in [1.29, 1.82) is 0 Å². The summed E-state index contributed by atoms with van der Waals surface area (Å²) in [4.78, 5) is 5.53. The van der Waals surface area contributed by atoms with E-state index in [1.165, 1.54) is 58.4 Å². The van der Waals surface area contributed by atoms with E-state index >= 15 is 0 Å². The summed E-state index contributed by atoms with van der Waals surface area (Å²) in [5, 5.41) is 4.00. The van der Waals surface area contributed by atoms with Gasteiger partial charge in [0.1, 0.15) is 5.75 Å². The maximum absolute atomic E-state index is 13.7. The average molecular weight is 538 g/mol. The van der Waals surface area contributed by atoms with E-state index in [0.29, 0.717) is 17.0 Å². The van der Waals surface area contributed by atoms with Crippen LogP contribution in [0.3, 0.4) is 0 Å². The van der Waals surface area contributed by atoms with E-state index < -0.39 is 20.3 Å². The largest absolute Gasteiger partial charge is 0.497 e. The predicted octanol–water partition coefficient (Wildman–Crippen LogP) is 4.49. The van der Waals surface area contributed by atoms with Crippen LogP contribution in [-0.2, 0) is 26.9 Å². The van der Waals surface area contributed by atoms with Crippen molar-refractivity contribution in [1.82, 2.24) is 4.98 Å². The lowest BCUT2D eigenvalue weighted by Gasteiger charge is -2.22. The Bertz CT molecular complexity index is 1480. The zero-order chi connectivity index (χ0) is 24.3. The maximum atomic E-state index is 13.7. The molecule has 2 N–H and O–H groups in total. The van der Waals surface area contributed by atoms with Crippen molar-refractivity contribution < 1.29 is 26.1 Å². The van der Waals surface area contributed by atoms with Crippen LogP contribution in [0.25, 0.3) is 10.6 Å². The molecule has 0 amide bonds. The smallest absolute Gasteiger partial charge is 0.357 e. The third kappa shape index (κ3) is 5.56. The molecule has 0 atom stereocenters. The van der Waals surface area contributed by atoms with Crippen molar-refractivity contribution >= 4 is 53.8 Å². The number of hydrogen-bond donors (Lipinski definition) is 2. The van der Waals surface area contributed by atoms with Crippen molar-refractivity contribution in [3.05, 3.63) is 77.0 Å². The summed E-state index contributed by atoms with van der Waals surface area (Å²) in [6, 6.07) is 16.0. The van der Waals surface area contributed by atoms with Crippen LogP contribution in [0.15, 0.2) is 76.3 Å². The van der Waals surface area contributed by atoms with Crippen molar-refractivity contribution in [2.24, 2.45) is 0 Å². The molecular formula is C21H19N3O6S4. The van der Waals surface area contributed by atoms with Crippen LogP contribution in [-0.4, -0.2) is 33.5 Å². The Morgan fingerprint density at radius 1 is 1.03 bits per heavy atom. The Hall–Kier alpha value is -2.97. The first kappa shape index (κ1) is 24.2. The van der Waals surface area contributed by atoms with E-state index in [0.717, 1.165) is 4.88 Å². The molecule has 13 heteroatoms. The van der Waals surface area contributed by atoms with Gasteiger partial charge < -0.3 is 4.74 Å². The predicted molar refractivity (Wildman–Crippen MR) is 133 cm³/mol. The first-order valence-corrected chi connectivity index (χ1v) is 14.3. The highest BCUT2D eigenvalue weighted by Crippen LogP contribution is 2.34. The third-order valence-corrected chi connectivity index (χ3v) is 8.73. The Kier molecular flexibility index (Phi) is 6.91. The SMILES string of the molecule is COc1cccc(S(=O)(=O)N(Cc2ccc(NS(=O)(=O)O)cc2)c2nc(-c3cccs3)cs2)c1. The molecule has 178 valence electrons. The third-order valence-electron chi connectivity index (χ3n) is 4.64. The van der Waals surface area contributed by atoms with Crippen LogP contribution in [0.5, 0.6) is 5.75 Å². The van der Waals surface area contributed by atoms with Gasteiger partial charge in [-0.1, -0.05) is 24.3 Å². The van der Waals surface area contributed by atoms with Gasteiger partial charge in [-0.3, -0.25) is 9.27 Å². The van der Waals surface area contributed by atoms with Gasteiger partial charge in [0.15, 0.2) is 5.13 Å². The molecule has 0 saturated carbocycles. The monoisotopic (exact) mass is 537 g/mol. The Morgan fingerprint density at radius 3 is 2.44 bits per heavy atom. The summed E-state index contributed by atoms with van der Waals surface area (Å²) in [5.74, 6) is 0.403. The van der Waals surface area contributed by atoms with Crippen LogP contribution in [0.1, 0.15) is 5.56 Å². The topological polar surface area (TPSA) is 126 Å². The van der Waals surface area contributed by atoms with E-state index in [2.05, 4.69) is 4.98 Å². The fraction of sp³-hybridized carbons (Fsp3) is 0.0952. The van der Waals surface area contributed by atoms with Gasteiger partial charge in [0.2, 0.25) is 0 Å². The Balaban J connectivity index is 1.72. The van der Waals surface area contributed by atoms with Gasteiger partial charge in [-0.25, -0.2) is 17.7 Å². The highest BCUT2D eigenvalue weighted by Gasteiger charge is 2.28. The lowest BCUT2D eigenvalue weighted by atomic mass is 10.2. The summed E-state index contributed by atoms with van der Waals surface area (Å²) in [6.45, 7) is -0.0525. The van der Waals surface area contributed by atoms with Crippen LogP contribution in [0.4, 0.5) is 10.8 Å². The molecule has 9 nitrogen and oxygen atoms in total. The molecule has 0 spiro atoms. The second-order valence-corrected chi connectivity index (χ2v) is 11.8. The molecular weight excluding hydrogens is 519 g/mol. The molecule has 0 saturated heterocycles. The first-order chi connectivity index (χ1) is 16.2. The molecule has 0 aliphatic heterocycles.